The van der Waals surface area contributed by atoms with Gasteiger partial charge >= 0.3 is 0 Å². The molecule has 0 spiro atoms. The molecule has 0 fully saturated rings. The second-order valence-corrected chi connectivity index (χ2v) is 6.21. The van der Waals surface area contributed by atoms with E-state index in [2.05, 4.69) is 41.9 Å². The van der Waals surface area contributed by atoms with Crippen LogP contribution < -0.4 is 0 Å². The van der Waals surface area contributed by atoms with Crippen LogP contribution in [-0.4, -0.2) is 29.0 Å². The molecule has 0 amide bonds. The van der Waals surface area contributed by atoms with Gasteiger partial charge in [-0.25, -0.2) is 0 Å². The minimum atomic E-state index is 0. The summed E-state index contributed by atoms with van der Waals surface area (Å²) in [5.74, 6) is 0. The number of benzene rings is 1. The highest BCUT2D eigenvalue weighted by atomic mass is 35.5. The molecule has 1 aliphatic rings. The fourth-order valence-electron chi connectivity index (χ4n) is 3.73. The quantitative estimate of drug-likeness (QED) is 0.745. The van der Waals surface area contributed by atoms with Crippen molar-refractivity contribution in [1.82, 2.24) is 9.88 Å². The van der Waals surface area contributed by atoms with Crippen LogP contribution in [0.5, 0.6) is 0 Å². The van der Waals surface area contributed by atoms with E-state index < -0.39 is 0 Å². The maximum atomic E-state index is 4.66. The first-order chi connectivity index (χ1) is 10.3. The van der Waals surface area contributed by atoms with Crippen molar-refractivity contribution in [3.05, 3.63) is 41.6 Å². The maximum Gasteiger partial charge on any atom is 0.0737 e. The third-order valence-electron chi connectivity index (χ3n) is 4.70. The van der Waals surface area contributed by atoms with Gasteiger partial charge in [0.2, 0.25) is 0 Å². The van der Waals surface area contributed by atoms with Crippen LogP contribution in [0.2, 0.25) is 0 Å². The Morgan fingerprint density at radius 2 is 1.83 bits per heavy atom. The molecule has 0 radical (unpaired) electrons. The summed E-state index contributed by atoms with van der Waals surface area (Å²) in [5.41, 5.74) is 4.25. The first-order valence-corrected chi connectivity index (χ1v) is 8.43. The highest BCUT2D eigenvalue weighted by molar-refractivity contribution is 5.85. The number of aromatic nitrogens is 1. The summed E-state index contributed by atoms with van der Waals surface area (Å²) in [7, 11) is 0. The van der Waals surface area contributed by atoms with Gasteiger partial charge in [-0.05, 0) is 62.4 Å². The van der Waals surface area contributed by atoms with Crippen LogP contribution in [0.3, 0.4) is 0 Å². The lowest BCUT2D eigenvalue weighted by molar-refractivity contribution is 0.180. The van der Waals surface area contributed by atoms with Gasteiger partial charge in [-0.15, -0.1) is 24.8 Å². The topological polar surface area (TPSA) is 16.1 Å². The molecule has 0 saturated carbocycles. The second kappa shape index (κ2) is 9.46. The predicted molar refractivity (Wildman–Crippen MR) is 104 cm³/mol. The standard InChI is InChI=1S/C19H26N2.2ClH/c1-3-12-21(13-4-2)17-10-9-15-7-8-16-6-5-11-20-19(16)18(15)14-17;;/h5-8,11,17H,3-4,9-10,12-14H2,1-2H3;2*1H. The Morgan fingerprint density at radius 1 is 1.09 bits per heavy atom. The van der Waals surface area contributed by atoms with E-state index in [-0.39, 0.29) is 24.8 Å². The highest BCUT2D eigenvalue weighted by Crippen LogP contribution is 2.30. The van der Waals surface area contributed by atoms with Crippen LogP contribution in [-0.2, 0) is 12.8 Å². The molecule has 2 nitrogen and oxygen atoms in total. The van der Waals surface area contributed by atoms with Gasteiger partial charge < -0.3 is 4.90 Å². The molecule has 0 bridgehead atoms. The van der Waals surface area contributed by atoms with Crippen molar-refractivity contribution in [2.75, 3.05) is 13.1 Å². The van der Waals surface area contributed by atoms with Crippen LogP contribution in [0, 0.1) is 0 Å². The van der Waals surface area contributed by atoms with Crippen molar-refractivity contribution < 1.29 is 0 Å². The molecule has 1 atom stereocenters. The zero-order chi connectivity index (χ0) is 14.7. The summed E-state index contributed by atoms with van der Waals surface area (Å²) in [4.78, 5) is 7.36. The van der Waals surface area contributed by atoms with E-state index in [1.807, 2.05) is 12.3 Å². The van der Waals surface area contributed by atoms with Gasteiger partial charge in [-0.1, -0.05) is 32.0 Å². The van der Waals surface area contributed by atoms with Gasteiger partial charge in [0.1, 0.15) is 0 Å². The molecule has 128 valence electrons. The Morgan fingerprint density at radius 3 is 2.52 bits per heavy atom. The van der Waals surface area contributed by atoms with Gasteiger partial charge in [0.05, 0.1) is 5.52 Å². The fraction of sp³-hybridized carbons (Fsp3) is 0.526. The summed E-state index contributed by atoms with van der Waals surface area (Å²) < 4.78 is 0. The smallest absolute Gasteiger partial charge is 0.0737 e. The molecular weight excluding hydrogens is 327 g/mol. The third kappa shape index (κ3) is 4.37. The number of fused-ring (bicyclic) bond motifs is 3. The molecule has 1 aliphatic carbocycles. The number of rotatable bonds is 5. The Labute approximate surface area is 152 Å². The number of halogens is 2. The second-order valence-electron chi connectivity index (χ2n) is 6.21. The van der Waals surface area contributed by atoms with E-state index >= 15 is 0 Å². The summed E-state index contributed by atoms with van der Waals surface area (Å²) in [6.07, 6.45) is 8.10. The fourth-order valence-corrected chi connectivity index (χ4v) is 3.73. The Kier molecular flexibility index (Phi) is 8.32. The largest absolute Gasteiger partial charge is 0.300 e. The van der Waals surface area contributed by atoms with Gasteiger partial charge in [0, 0.05) is 17.6 Å². The van der Waals surface area contributed by atoms with Crippen molar-refractivity contribution in [3.8, 4) is 0 Å². The van der Waals surface area contributed by atoms with Crippen LogP contribution in [0.4, 0.5) is 0 Å². The molecule has 1 unspecified atom stereocenters. The zero-order valence-corrected chi connectivity index (χ0v) is 15.8. The molecule has 1 heterocycles. The number of nitrogens with zero attached hydrogens (tertiary/aromatic N) is 2. The SMILES string of the molecule is CCCN(CCC)C1CCc2ccc3cccnc3c2C1.Cl.Cl. The number of hydrogen-bond donors (Lipinski definition) is 0. The average Bonchev–Trinajstić information content (AvgIpc) is 2.54. The lowest BCUT2D eigenvalue weighted by Gasteiger charge is -2.35. The number of aryl methyl sites for hydroxylation is 1. The monoisotopic (exact) mass is 354 g/mol. The molecule has 0 saturated heterocycles. The van der Waals surface area contributed by atoms with Gasteiger partial charge in [0.25, 0.3) is 0 Å². The van der Waals surface area contributed by atoms with Crippen molar-refractivity contribution >= 4 is 35.7 Å². The van der Waals surface area contributed by atoms with Crippen LogP contribution in [0.15, 0.2) is 30.5 Å². The summed E-state index contributed by atoms with van der Waals surface area (Å²) in [5, 5.41) is 1.29. The molecule has 4 heteroatoms. The van der Waals surface area contributed by atoms with Crippen molar-refractivity contribution in [3.63, 3.8) is 0 Å². The molecule has 2 aromatic rings. The van der Waals surface area contributed by atoms with E-state index in [1.165, 1.54) is 67.2 Å². The summed E-state index contributed by atoms with van der Waals surface area (Å²) in [6.45, 7) is 7.03. The summed E-state index contributed by atoms with van der Waals surface area (Å²) in [6, 6.07) is 9.47. The minimum absolute atomic E-state index is 0. The normalized spacial score (nSPS) is 16.6. The van der Waals surface area contributed by atoms with E-state index in [9.17, 15) is 0 Å². The third-order valence-corrected chi connectivity index (χ3v) is 4.70. The van der Waals surface area contributed by atoms with Gasteiger partial charge in [-0.2, -0.15) is 0 Å². The molecule has 3 rings (SSSR count). The van der Waals surface area contributed by atoms with Gasteiger partial charge in [-0.3, -0.25) is 4.98 Å². The average molecular weight is 355 g/mol. The molecule has 0 N–H and O–H groups in total. The van der Waals surface area contributed by atoms with Crippen LogP contribution in [0.25, 0.3) is 10.9 Å². The van der Waals surface area contributed by atoms with E-state index in [4.69, 9.17) is 0 Å². The van der Waals surface area contributed by atoms with E-state index in [0.29, 0.717) is 6.04 Å². The minimum Gasteiger partial charge on any atom is -0.300 e. The first kappa shape index (κ1) is 20.2. The van der Waals surface area contributed by atoms with Gasteiger partial charge in [0.15, 0.2) is 0 Å². The molecular formula is C19H28Cl2N2. The maximum absolute atomic E-state index is 4.66. The zero-order valence-electron chi connectivity index (χ0n) is 14.1. The van der Waals surface area contributed by atoms with Crippen molar-refractivity contribution in [1.29, 1.82) is 0 Å². The van der Waals surface area contributed by atoms with Crippen molar-refractivity contribution in [2.24, 2.45) is 0 Å². The lowest BCUT2D eigenvalue weighted by atomic mass is 9.85. The molecule has 1 aromatic carbocycles. The Balaban J connectivity index is 0.00000132. The first-order valence-electron chi connectivity index (χ1n) is 8.43. The highest BCUT2D eigenvalue weighted by Gasteiger charge is 2.25. The Bertz CT molecular complexity index is 609. The van der Waals surface area contributed by atoms with Crippen LogP contribution >= 0.6 is 24.8 Å². The molecule has 1 aromatic heterocycles. The Hall–Kier alpha value is -0.830. The predicted octanol–water partition coefficient (Wildman–Crippen LogP) is 5.06. The van der Waals surface area contributed by atoms with E-state index in [1.54, 1.807) is 0 Å². The van der Waals surface area contributed by atoms with Crippen LogP contribution in [0.1, 0.15) is 44.2 Å². The van der Waals surface area contributed by atoms with Crippen molar-refractivity contribution in [2.45, 2.75) is 52.0 Å². The number of hydrogen-bond acceptors (Lipinski definition) is 2. The molecule has 0 aliphatic heterocycles. The van der Waals surface area contributed by atoms with E-state index in [0.717, 1.165) is 0 Å². The summed E-state index contributed by atoms with van der Waals surface area (Å²) >= 11 is 0. The number of pyridine rings is 1. The molecule has 23 heavy (non-hydrogen) atoms. The lowest BCUT2D eigenvalue weighted by Crippen LogP contribution is -2.40.